The lowest BCUT2D eigenvalue weighted by Crippen LogP contribution is -2.08. The molecule has 0 aliphatic heterocycles. The third kappa shape index (κ3) is 3.73. The zero-order valence-corrected chi connectivity index (χ0v) is 10.6. The van der Waals surface area contributed by atoms with Crippen molar-refractivity contribution in [2.75, 3.05) is 0 Å². The molecule has 0 heterocycles. The summed E-state index contributed by atoms with van der Waals surface area (Å²) in [5.74, 6) is 0.975. The Kier molecular flexibility index (Phi) is 4.42. The highest BCUT2D eigenvalue weighted by Gasteiger charge is 2.13. The number of hydrogen-bond acceptors (Lipinski definition) is 3. The number of benzene rings is 1. The second-order valence-corrected chi connectivity index (χ2v) is 5.78. The lowest BCUT2D eigenvalue weighted by Gasteiger charge is -2.20. The van der Waals surface area contributed by atoms with E-state index in [4.69, 9.17) is 0 Å². The molecular formula is C13H17NO2S. The van der Waals surface area contributed by atoms with Crippen LogP contribution in [0.15, 0.2) is 24.3 Å². The maximum absolute atomic E-state index is 10.5. The summed E-state index contributed by atoms with van der Waals surface area (Å²) in [4.78, 5) is 10.2. The first kappa shape index (κ1) is 12.4. The summed E-state index contributed by atoms with van der Waals surface area (Å²) in [6.45, 7) is 0. The summed E-state index contributed by atoms with van der Waals surface area (Å²) in [6, 6.07) is 6.93. The van der Waals surface area contributed by atoms with Gasteiger partial charge in [0, 0.05) is 23.1 Å². The SMILES string of the molecule is O=[N+]([O-])c1ccc(CSC2CCCCC2)cc1. The maximum atomic E-state index is 10.5. The molecule has 1 saturated carbocycles. The summed E-state index contributed by atoms with van der Waals surface area (Å²) < 4.78 is 0. The van der Waals surface area contributed by atoms with Gasteiger partial charge in [0.1, 0.15) is 0 Å². The summed E-state index contributed by atoms with van der Waals surface area (Å²) in [7, 11) is 0. The Morgan fingerprint density at radius 3 is 2.41 bits per heavy atom. The molecule has 1 fully saturated rings. The smallest absolute Gasteiger partial charge is 0.258 e. The molecule has 1 aliphatic carbocycles. The lowest BCUT2D eigenvalue weighted by molar-refractivity contribution is -0.384. The fraction of sp³-hybridized carbons (Fsp3) is 0.538. The van der Waals surface area contributed by atoms with E-state index in [-0.39, 0.29) is 10.6 Å². The van der Waals surface area contributed by atoms with Gasteiger partial charge >= 0.3 is 0 Å². The molecule has 4 heteroatoms. The van der Waals surface area contributed by atoms with Crippen LogP contribution in [0.25, 0.3) is 0 Å². The van der Waals surface area contributed by atoms with Crippen LogP contribution in [-0.4, -0.2) is 10.2 Å². The van der Waals surface area contributed by atoms with E-state index in [9.17, 15) is 10.1 Å². The van der Waals surface area contributed by atoms with Crippen molar-refractivity contribution in [3.05, 3.63) is 39.9 Å². The molecule has 17 heavy (non-hydrogen) atoms. The molecule has 0 unspecified atom stereocenters. The normalized spacial score (nSPS) is 16.9. The van der Waals surface area contributed by atoms with Crippen molar-refractivity contribution in [2.45, 2.75) is 43.1 Å². The van der Waals surface area contributed by atoms with Crippen molar-refractivity contribution in [1.29, 1.82) is 0 Å². The number of rotatable bonds is 4. The van der Waals surface area contributed by atoms with Crippen LogP contribution in [0.5, 0.6) is 0 Å². The van der Waals surface area contributed by atoms with Gasteiger partial charge in [-0.25, -0.2) is 0 Å². The van der Waals surface area contributed by atoms with E-state index >= 15 is 0 Å². The molecule has 0 radical (unpaired) electrons. The number of nitrogens with zero attached hydrogens (tertiary/aromatic N) is 1. The van der Waals surface area contributed by atoms with E-state index in [1.165, 1.54) is 37.7 Å². The van der Waals surface area contributed by atoms with Crippen LogP contribution in [0.2, 0.25) is 0 Å². The van der Waals surface area contributed by atoms with Crippen LogP contribution in [-0.2, 0) is 5.75 Å². The minimum atomic E-state index is -0.349. The molecule has 0 saturated heterocycles. The molecular weight excluding hydrogens is 234 g/mol. The number of thioether (sulfide) groups is 1. The summed E-state index contributed by atoms with van der Waals surface area (Å²) in [5.41, 5.74) is 1.36. The van der Waals surface area contributed by atoms with Crippen LogP contribution in [0.3, 0.4) is 0 Å². The van der Waals surface area contributed by atoms with Gasteiger partial charge in [-0.3, -0.25) is 10.1 Å². The highest BCUT2D eigenvalue weighted by Crippen LogP contribution is 2.30. The van der Waals surface area contributed by atoms with Crippen molar-refractivity contribution in [3.63, 3.8) is 0 Å². The van der Waals surface area contributed by atoms with E-state index in [0.717, 1.165) is 11.0 Å². The van der Waals surface area contributed by atoms with Crippen molar-refractivity contribution >= 4 is 17.4 Å². The van der Waals surface area contributed by atoms with Crippen LogP contribution in [0.4, 0.5) is 5.69 Å². The average molecular weight is 251 g/mol. The van der Waals surface area contributed by atoms with E-state index in [2.05, 4.69) is 0 Å². The van der Waals surface area contributed by atoms with Crippen LogP contribution >= 0.6 is 11.8 Å². The largest absolute Gasteiger partial charge is 0.269 e. The zero-order valence-electron chi connectivity index (χ0n) is 9.80. The predicted molar refractivity (Wildman–Crippen MR) is 71.3 cm³/mol. The summed E-state index contributed by atoms with van der Waals surface area (Å²) in [6.07, 6.45) is 6.76. The first-order valence-corrected chi connectivity index (χ1v) is 7.15. The van der Waals surface area contributed by atoms with E-state index < -0.39 is 0 Å². The van der Waals surface area contributed by atoms with Crippen LogP contribution < -0.4 is 0 Å². The van der Waals surface area contributed by atoms with Gasteiger partial charge in [0.15, 0.2) is 0 Å². The molecule has 0 amide bonds. The quantitative estimate of drug-likeness (QED) is 0.596. The highest BCUT2D eigenvalue weighted by molar-refractivity contribution is 7.99. The molecule has 92 valence electrons. The van der Waals surface area contributed by atoms with E-state index in [1.54, 1.807) is 12.1 Å². The Balaban J connectivity index is 1.84. The first-order valence-electron chi connectivity index (χ1n) is 6.10. The molecule has 1 aromatic rings. The lowest BCUT2D eigenvalue weighted by atomic mass is 10.0. The molecule has 2 rings (SSSR count). The maximum Gasteiger partial charge on any atom is 0.269 e. The molecule has 0 aromatic heterocycles. The summed E-state index contributed by atoms with van der Waals surface area (Å²) in [5, 5.41) is 11.3. The predicted octanol–water partition coefficient (Wildman–Crippen LogP) is 4.16. The Labute approximate surface area is 106 Å². The average Bonchev–Trinajstić information content (AvgIpc) is 2.38. The number of non-ortho nitro benzene ring substituents is 1. The van der Waals surface area contributed by atoms with E-state index in [0.29, 0.717) is 0 Å². The van der Waals surface area contributed by atoms with Crippen molar-refractivity contribution in [2.24, 2.45) is 0 Å². The minimum Gasteiger partial charge on any atom is -0.258 e. The fourth-order valence-electron chi connectivity index (χ4n) is 2.16. The topological polar surface area (TPSA) is 43.1 Å². The first-order chi connectivity index (χ1) is 8.25. The zero-order chi connectivity index (χ0) is 12.1. The second kappa shape index (κ2) is 6.05. The molecule has 3 nitrogen and oxygen atoms in total. The molecule has 1 aromatic carbocycles. The van der Waals surface area contributed by atoms with Gasteiger partial charge in [-0.1, -0.05) is 31.4 Å². The number of hydrogen-bond donors (Lipinski definition) is 0. The Morgan fingerprint density at radius 2 is 1.82 bits per heavy atom. The van der Waals surface area contributed by atoms with Gasteiger partial charge in [-0.15, -0.1) is 0 Å². The monoisotopic (exact) mass is 251 g/mol. The van der Waals surface area contributed by atoms with Gasteiger partial charge in [0.25, 0.3) is 5.69 Å². The van der Waals surface area contributed by atoms with Gasteiger partial charge in [0.05, 0.1) is 4.92 Å². The second-order valence-electron chi connectivity index (χ2n) is 4.49. The summed E-state index contributed by atoms with van der Waals surface area (Å²) >= 11 is 1.99. The van der Waals surface area contributed by atoms with Crippen molar-refractivity contribution < 1.29 is 4.92 Å². The third-order valence-electron chi connectivity index (χ3n) is 3.19. The number of nitro benzene ring substituents is 1. The Hall–Kier alpha value is -1.03. The van der Waals surface area contributed by atoms with Gasteiger partial charge < -0.3 is 0 Å². The minimum absolute atomic E-state index is 0.177. The van der Waals surface area contributed by atoms with Crippen LogP contribution in [0, 0.1) is 10.1 Å². The van der Waals surface area contributed by atoms with Gasteiger partial charge in [-0.2, -0.15) is 11.8 Å². The van der Waals surface area contributed by atoms with Crippen molar-refractivity contribution in [1.82, 2.24) is 0 Å². The Bertz CT molecular complexity index is 372. The van der Waals surface area contributed by atoms with E-state index in [1.807, 2.05) is 23.9 Å². The Morgan fingerprint density at radius 1 is 1.18 bits per heavy atom. The van der Waals surface area contributed by atoms with Gasteiger partial charge in [0.2, 0.25) is 0 Å². The third-order valence-corrected chi connectivity index (χ3v) is 4.63. The number of nitro groups is 1. The molecule has 0 bridgehead atoms. The molecule has 1 aliphatic rings. The van der Waals surface area contributed by atoms with Crippen molar-refractivity contribution in [3.8, 4) is 0 Å². The van der Waals surface area contributed by atoms with Crippen LogP contribution in [0.1, 0.15) is 37.7 Å². The fourth-order valence-corrected chi connectivity index (χ4v) is 3.45. The van der Waals surface area contributed by atoms with Gasteiger partial charge in [-0.05, 0) is 18.4 Å². The molecule has 0 atom stereocenters. The molecule has 0 spiro atoms. The highest BCUT2D eigenvalue weighted by atomic mass is 32.2. The standard InChI is InChI=1S/C13H17NO2S/c15-14(16)12-8-6-11(7-9-12)10-17-13-4-2-1-3-5-13/h6-9,13H,1-5,10H2. The molecule has 0 N–H and O–H groups in total.